The molecule has 0 aromatic heterocycles. The van der Waals surface area contributed by atoms with E-state index in [-0.39, 0.29) is 28.6 Å². The molecular weight excluding hydrogens is 266 g/mol. The van der Waals surface area contributed by atoms with E-state index in [9.17, 15) is 14.9 Å². The quantitative estimate of drug-likeness (QED) is 0.489. The van der Waals surface area contributed by atoms with Crippen LogP contribution in [0.5, 0.6) is 0 Å². The summed E-state index contributed by atoms with van der Waals surface area (Å²) >= 11 is 4.05. The van der Waals surface area contributed by atoms with Gasteiger partial charge in [0.2, 0.25) is 5.91 Å². The third-order valence-corrected chi connectivity index (χ3v) is 3.23. The molecule has 1 aliphatic heterocycles. The highest BCUT2D eigenvalue weighted by molar-refractivity contribution is 7.84. The van der Waals surface area contributed by atoms with E-state index in [2.05, 4.69) is 17.9 Å². The zero-order chi connectivity index (χ0) is 14.0. The van der Waals surface area contributed by atoms with Gasteiger partial charge in [0.15, 0.2) is 0 Å². The number of benzene rings is 1. The first-order valence-corrected chi connectivity index (χ1v) is 5.85. The number of hydrogen-bond acceptors (Lipinski definition) is 5. The highest BCUT2D eigenvalue weighted by atomic mass is 32.1. The van der Waals surface area contributed by atoms with Crippen molar-refractivity contribution in [3.05, 3.63) is 50.5 Å². The molecule has 1 amide bonds. The summed E-state index contributed by atoms with van der Waals surface area (Å²) in [5.41, 5.74) is 0.485. The fourth-order valence-corrected chi connectivity index (χ4v) is 2.38. The van der Waals surface area contributed by atoms with Crippen LogP contribution in [0.2, 0.25) is 0 Å². The van der Waals surface area contributed by atoms with Gasteiger partial charge in [-0.05, 0) is 0 Å². The molecule has 19 heavy (non-hydrogen) atoms. The van der Waals surface area contributed by atoms with E-state index >= 15 is 0 Å². The summed E-state index contributed by atoms with van der Waals surface area (Å²) < 4.78 is 0. The topological polar surface area (TPSA) is 96.0 Å². The van der Waals surface area contributed by atoms with Crippen LogP contribution in [0.3, 0.4) is 0 Å². The second-order valence-corrected chi connectivity index (χ2v) is 4.44. The molecule has 1 atom stereocenters. The van der Waals surface area contributed by atoms with Gasteiger partial charge in [-0.15, -0.1) is 12.6 Å². The molecule has 0 aliphatic carbocycles. The predicted octanol–water partition coefficient (Wildman–Crippen LogP) is 1.86. The lowest BCUT2D eigenvalue weighted by atomic mass is 9.86. The molecule has 0 fully saturated rings. The monoisotopic (exact) mass is 275 g/mol. The maximum absolute atomic E-state index is 11.5. The first-order valence-electron chi connectivity index (χ1n) is 5.41. The lowest BCUT2D eigenvalue weighted by Gasteiger charge is -2.22. The van der Waals surface area contributed by atoms with Crippen molar-refractivity contribution in [1.29, 1.82) is 5.26 Å². The van der Waals surface area contributed by atoms with Gasteiger partial charge in [0, 0.05) is 24.0 Å². The van der Waals surface area contributed by atoms with Gasteiger partial charge in [0.05, 0.1) is 21.6 Å². The Kier molecular flexibility index (Phi) is 3.53. The number of nitriles is 1. The third kappa shape index (κ3) is 2.44. The standard InChI is InChI=1S/C12H9N3O3S/c13-6-9-8(5-11(16)14-12(9)19)7-3-1-2-4-10(7)15(17)18/h1-4,8,19H,5H2,(H,14,16)/t8-/m0/s1. The van der Waals surface area contributed by atoms with Crippen molar-refractivity contribution in [3.63, 3.8) is 0 Å². The van der Waals surface area contributed by atoms with Gasteiger partial charge in [0.25, 0.3) is 5.69 Å². The predicted molar refractivity (Wildman–Crippen MR) is 70.2 cm³/mol. The van der Waals surface area contributed by atoms with E-state index in [4.69, 9.17) is 5.26 Å². The smallest absolute Gasteiger partial charge is 0.273 e. The van der Waals surface area contributed by atoms with Crippen LogP contribution in [0.15, 0.2) is 34.9 Å². The van der Waals surface area contributed by atoms with Crippen molar-refractivity contribution in [2.75, 3.05) is 0 Å². The van der Waals surface area contributed by atoms with E-state index in [1.165, 1.54) is 6.07 Å². The summed E-state index contributed by atoms with van der Waals surface area (Å²) in [6, 6.07) is 8.05. The molecule has 6 nitrogen and oxygen atoms in total. The average Bonchev–Trinajstić information content (AvgIpc) is 2.37. The molecule has 0 saturated carbocycles. The zero-order valence-electron chi connectivity index (χ0n) is 9.66. The van der Waals surface area contributed by atoms with E-state index in [1.807, 2.05) is 6.07 Å². The summed E-state index contributed by atoms with van der Waals surface area (Å²) in [4.78, 5) is 22.0. The van der Waals surface area contributed by atoms with E-state index < -0.39 is 10.8 Å². The molecule has 1 aliphatic rings. The minimum Gasteiger partial charge on any atom is -0.320 e. The second kappa shape index (κ2) is 5.12. The zero-order valence-corrected chi connectivity index (χ0v) is 10.6. The number of nitrogens with one attached hydrogen (secondary N) is 1. The Morgan fingerprint density at radius 1 is 1.47 bits per heavy atom. The molecule has 7 heteroatoms. The molecule has 96 valence electrons. The van der Waals surface area contributed by atoms with Crippen molar-refractivity contribution in [2.45, 2.75) is 12.3 Å². The number of carbonyl (C=O) groups excluding carboxylic acids is 1. The molecule has 1 heterocycles. The van der Waals surface area contributed by atoms with Crippen molar-refractivity contribution in [2.24, 2.45) is 0 Å². The van der Waals surface area contributed by atoms with Crippen LogP contribution in [-0.2, 0) is 4.79 Å². The number of nitrogens with zero attached hydrogens (tertiary/aromatic N) is 2. The highest BCUT2D eigenvalue weighted by Crippen LogP contribution is 2.37. The van der Waals surface area contributed by atoms with Crippen LogP contribution >= 0.6 is 12.6 Å². The van der Waals surface area contributed by atoms with Crippen LogP contribution < -0.4 is 5.32 Å². The Morgan fingerprint density at radius 3 is 2.79 bits per heavy atom. The average molecular weight is 275 g/mol. The summed E-state index contributed by atoms with van der Waals surface area (Å²) in [6.45, 7) is 0. The SMILES string of the molecule is N#CC1=C(S)NC(=O)C[C@H]1c1ccccc1[N+](=O)[O-]. The number of nitro benzene ring substituents is 1. The minimum absolute atomic E-state index is 0.00218. The van der Waals surface area contributed by atoms with Gasteiger partial charge >= 0.3 is 0 Å². The second-order valence-electron chi connectivity index (χ2n) is 3.99. The highest BCUT2D eigenvalue weighted by Gasteiger charge is 2.32. The minimum atomic E-state index is -0.632. The lowest BCUT2D eigenvalue weighted by molar-refractivity contribution is -0.385. The summed E-state index contributed by atoms with van der Waals surface area (Å²) in [6.07, 6.45) is -0.00218. The molecule has 0 saturated heterocycles. The Morgan fingerprint density at radius 2 is 2.16 bits per heavy atom. The summed E-state index contributed by atoms with van der Waals surface area (Å²) in [7, 11) is 0. The largest absolute Gasteiger partial charge is 0.320 e. The molecule has 0 bridgehead atoms. The number of para-hydroxylation sites is 1. The number of rotatable bonds is 2. The van der Waals surface area contributed by atoms with Crippen LogP contribution in [-0.4, -0.2) is 10.8 Å². The lowest BCUT2D eigenvalue weighted by Crippen LogP contribution is -2.30. The first-order chi connectivity index (χ1) is 9.04. The number of amides is 1. The molecule has 0 radical (unpaired) electrons. The summed E-state index contributed by atoms with van der Waals surface area (Å²) in [5.74, 6) is -0.944. The first kappa shape index (κ1) is 13.1. The Balaban J connectivity index is 2.58. The fraction of sp³-hybridized carbons (Fsp3) is 0.167. The van der Waals surface area contributed by atoms with Crippen molar-refractivity contribution < 1.29 is 9.72 Å². The van der Waals surface area contributed by atoms with Gasteiger partial charge < -0.3 is 5.32 Å². The molecule has 0 unspecified atom stereocenters. The molecule has 0 spiro atoms. The van der Waals surface area contributed by atoms with Crippen LogP contribution in [0.4, 0.5) is 5.69 Å². The number of thiol groups is 1. The van der Waals surface area contributed by atoms with Gasteiger partial charge in [-0.1, -0.05) is 18.2 Å². The maximum Gasteiger partial charge on any atom is 0.273 e. The molecule has 1 aromatic carbocycles. The van der Waals surface area contributed by atoms with Gasteiger partial charge in [-0.3, -0.25) is 14.9 Å². The van der Waals surface area contributed by atoms with Crippen molar-refractivity contribution in [1.82, 2.24) is 5.32 Å². The van der Waals surface area contributed by atoms with Crippen molar-refractivity contribution >= 4 is 24.2 Å². The van der Waals surface area contributed by atoms with Crippen LogP contribution in [0.1, 0.15) is 17.9 Å². The number of hydrogen-bond donors (Lipinski definition) is 2. The molecular formula is C12H9N3O3S. The normalized spacial score (nSPS) is 18.7. The Hall–Kier alpha value is -2.33. The fourth-order valence-electron chi connectivity index (χ4n) is 2.05. The van der Waals surface area contributed by atoms with Crippen LogP contribution in [0, 0.1) is 21.4 Å². The summed E-state index contributed by atoms with van der Waals surface area (Å²) in [5, 5.41) is 22.7. The Bertz CT molecular complexity index is 633. The number of carbonyl (C=O) groups is 1. The van der Waals surface area contributed by atoms with Gasteiger partial charge in [-0.2, -0.15) is 5.26 Å². The number of nitro groups is 1. The number of allylic oxidation sites excluding steroid dienone is 1. The van der Waals surface area contributed by atoms with E-state index in [1.54, 1.807) is 18.2 Å². The van der Waals surface area contributed by atoms with Gasteiger partial charge in [0.1, 0.15) is 0 Å². The Labute approximate surface area is 114 Å². The van der Waals surface area contributed by atoms with E-state index in [0.717, 1.165) is 0 Å². The maximum atomic E-state index is 11.5. The molecule has 1 aromatic rings. The van der Waals surface area contributed by atoms with Crippen LogP contribution in [0.25, 0.3) is 0 Å². The molecule has 2 rings (SSSR count). The molecule has 1 N–H and O–H groups in total. The van der Waals surface area contributed by atoms with Crippen molar-refractivity contribution in [3.8, 4) is 6.07 Å². The van der Waals surface area contributed by atoms with Gasteiger partial charge in [-0.25, -0.2) is 0 Å². The van der Waals surface area contributed by atoms with E-state index in [0.29, 0.717) is 5.56 Å². The third-order valence-electron chi connectivity index (χ3n) is 2.88.